The van der Waals surface area contributed by atoms with E-state index < -0.39 is 5.41 Å². The number of hydrogen-bond donors (Lipinski definition) is 3. The molecular weight excluding hydrogens is 526 g/mol. The van der Waals surface area contributed by atoms with Crippen LogP contribution in [0.1, 0.15) is 55.3 Å². The summed E-state index contributed by atoms with van der Waals surface area (Å²) in [6.07, 6.45) is 3.91. The summed E-state index contributed by atoms with van der Waals surface area (Å²) in [5.41, 5.74) is 4.04. The van der Waals surface area contributed by atoms with Crippen LogP contribution in [0, 0.1) is 11.3 Å². The smallest absolute Gasteiger partial charge is 0.311 e. The second-order valence-corrected chi connectivity index (χ2v) is 11.6. The first kappa shape index (κ1) is 28.2. The molecule has 210 valence electrons. The molecular formula is C33H36ClNO5. The van der Waals surface area contributed by atoms with Gasteiger partial charge in [0, 0.05) is 39.4 Å². The van der Waals surface area contributed by atoms with Gasteiger partial charge >= 0.3 is 5.97 Å². The van der Waals surface area contributed by atoms with Gasteiger partial charge in [-0.15, -0.1) is 0 Å². The molecule has 0 aliphatic heterocycles. The van der Waals surface area contributed by atoms with Gasteiger partial charge in [0.15, 0.2) is 0 Å². The van der Waals surface area contributed by atoms with E-state index in [0.29, 0.717) is 23.8 Å². The van der Waals surface area contributed by atoms with Crippen LogP contribution in [0.15, 0.2) is 72.8 Å². The molecule has 4 aromatic rings. The highest BCUT2D eigenvalue weighted by Crippen LogP contribution is 2.42. The van der Waals surface area contributed by atoms with Crippen LogP contribution in [0.3, 0.4) is 0 Å². The zero-order chi connectivity index (χ0) is 28.1. The van der Waals surface area contributed by atoms with E-state index in [2.05, 4.69) is 17.1 Å². The number of carbonyl (C=O) groups is 1. The van der Waals surface area contributed by atoms with Crippen molar-refractivity contribution in [2.24, 2.45) is 11.3 Å². The van der Waals surface area contributed by atoms with Crippen molar-refractivity contribution in [3.63, 3.8) is 0 Å². The number of fused-ring (bicyclic) bond motifs is 3. The molecule has 0 bridgehead atoms. The van der Waals surface area contributed by atoms with Gasteiger partial charge in [-0.1, -0.05) is 48.9 Å². The van der Waals surface area contributed by atoms with E-state index >= 15 is 0 Å². The van der Waals surface area contributed by atoms with E-state index in [1.807, 2.05) is 48.5 Å². The summed E-state index contributed by atoms with van der Waals surface area (Å²) in [4.78, 5) is 16.3. The number of halogens is 1. The maximum absolute atomic E-state index is 12.6. The molecule has 6 nitrogen and oxygen atoms in total. The molecule has 7 heteroatoms. The number of benzene rings is 3. The van der Waals surface area contributed by atoms with E-state index in [0.717, 1.165) is 47.2 Å². The Hall–Kier alpha value is -3.32. The fourth-order valence-electron chi connectivity index (χ4n) is 5.48. The molecule has 0 saturated carbocycles. The number of ether oxygens (including phenoxy) is 2. The van der Waals surface area contributed by atoms with Crippen molar-refractivity contribution >= 4 is 28.5 Å². The third kappa shape index (κ3) is 6.52. The predicted octanol–water partition coefficient (Wildman–Crippen LogP) is 6.66. The van der Waals surface area contributed by atoms with E-state index in [4.69, 9.17) is 21.1 Å². The number of aromatic nitrogens is 1. The van der Waals surface area contributed by atoms with Crippen molar-refractivity contribution in [3.05, 3.63) is 94.6 Å². The molecule has 1 aromatic heterocycles. The highest BCUT2D eigenvalue weighted by Gasteiger charge is 2.30. The van der Waals surface area contributed by atoms with Crippen molar-refractivity contribution in [1.29, 1.82) is 0 Å². The highest BCUT2D eigenvalue weighted by atomic mass is 35.5. The monoisotopic (exact) mass is 561 g/mol. The molecule has 0 amide bonds. The standard InChI is InChI=1S/C33H36ClNO5/c1-33(19-36,20-37)21-39-25-12-9-23(10-13-25)28-17-22(8-16-31(38)40-26-5-3-2-4-6-26)7-14-27-29-18-24(34)11-15-30(29)35-32(27)28/h2-6,9-13,15,18,22,28,35-37H,7-8,14,16-17,19-21H2,1H3. The Morgan fingerprint density at radius 2 is 1.77 bits per heavy atom. The van der Waals surface area contributed by atoms with Crippen LogP contribution in [-0.2, 0) is 11.2 Å². The van der Waals surface area contributed by atoms with Crippen molar-refractivity contribution in [2.75, 3.05) is 19.8 Å². The van der Waals surface area contributed by atoms with Gasteiger partial charge in [0.1, 0.15) is 11.5 Å². The second-order valence-electron chi connectivity index (χ2n) is 11.2. The zero-order valence-electron chi connectivity index (χ0n) is 22.7. The maximum Gasteiger partial charge on any atom is 0.311 e. The van der Waals surface area contributed by atoms with Crippen LogP contribution in [0.5, 0.6) is 11.5 Å². The van der Waals surface area contributed by atoms with Crippen molar-refractivity contribution < 1.29 is 24.5 Å². The van der Waals surface area contributed by atoms with E-state index in [1.165, 1.54) is 11.3 Å². The lowest BCUT2D eigenvalue weighted by Crippen LogP contribution is -2.32. The molecule has 2 unspecified atom stereocenters. The Labute approximate surface area is 239 Å². The van der Waals surface area contributed by atoms with Crippen LogP contribution in [0.25, 0.3) is 10.9 Å². The minimum Gasteiger partial charge on any atom is -0.493 e. The lowest BCUT2D eigenvalue weighted by Gasteiger charge is -2.25. The molecule has 0 spiro atoms. The number of H-pyrrole nitrogens is 1. The van der Waals surface area contributed by atoms with Gasteiger partial charge in [-0.2, -0.15) is 0 Å². The lowest BCUT2D eigenvalue weighted by atomic mass is 9.85. The number of aliphatic hydroxyl groups is 2. The molecule has 0 radical (unpaired) electrons. The molecule has 40 heavy (non-hydrogen) atoms. The van der Waals surface area contributed by atoms with E-state index in [1.54, 1.807) is 19.1 Å². The van der Waals surface area contributed by atoms with Crippen molar-refractivity contribution in [3.8, 4) is 11.5 Å². The number of aliphatic hydroxyl groups excluding tert-OH is 2. The molecule has 0 fully saturated rings. The summed E-state index contributed by atoms with van der Waals surface area (Å²) in [7, 11) is 0. The highest BCUT2D eigenvalue weighted by molar-refractivity contribution is 6.31. The summed E-state index contributed by atoms with van der Waals surface area (Å²) in [6.45, 7) is 1.69. The van der Waals surface area contributed by atoms with Crippen LogP contribution < -0.4 is 9.47 Å². The first-order valence-corrected chi connectivity index (χ1v) is 14.3. The third-order valence-electron chi connectivity index (χ3n) is 7.99. The number of nitrogens with one attached hydrogen (secondary N) is 1. The molecule has 2 atom stereocenters. The number of aromatic amines is 1. The van der Waals surface area contributed by atoms with Crippen LogP contribution >= 0.6 is 11.6 Å². The Morgan fingerprint density at radius 1 is 1.02 bits per heavy atom. The molecule has 5 rings (SSSR count). The molecule has 1 aliphatic carbocycles. The third-order valence-corrected chi connectivity index (χ3v) is 8.22. The summed E-state index contributed by atoms with van der Waals surface area (Å²) >= 11 is 6.38. The molecule has 1 heterocycles. The average molecular weight is 562 g/mol. The van der Waals surface area contributed by atoms with Crippen molar-refractivity contribution in [2.45, 2.75) is 44.9 Å². The van der Waals surface area contributed by atoms with E-state index in [9.17, 15) is 15.0 Å². The molecule has 0 saturated heterocycles. The Bertz CT molecular complexity index is 1430. The fourth-order valence-corrected chi connectivity index (χ4v) is 5.65. The number of carbonyl (C=O) groups excluding carboxylic acids is 1. The van der Waals surface area contributed by atoms with Gasteiger partial charge in [-0.25, -0.2) is 0 Å². The van der Waals surface area contributed by atoms with Gasteiger partial charge in [0.25, 0.3) is 0 Å². The quantitative estimate of drug-likeness (QED) is 0.114. The van der Waals surface area contributed by atoms with Gasteiger partial charge in [-0.05, 0) is 85.2 Å². The normalized spacial score (nSPS) is 17.3. The Morgan fingerprint density at radius 3 is 2.50 bits per heavy atom. The SMILES string of the molecule is CC(CO)(CO)COc1ccc(C2CC(CCC(=O)Oc3ccccc3)CCc3c2[nH]c2ccc(Cl)cc32)cc1. The fraction of sp³-hybridized carbons (Fsp3) is 0.364. The predicted molar refractivity (Wildman–Crippen MR) is 157 cm³/mol. The maximum atomic E-state index is 12.6. The first-order chi connectivity index (χ1) is 19.4. The topological polar surface area (TPSA) is 91.8 Å². The van der Waals surface area contributed by atoms with Crippen molar-refractivity contribution in [1.82, 2.24) is 4.98 Å². The van der Waals surface area contributed by atoms with Gasteiger partial charge in [-0.3, -0.25) is 4.79 Å². The first-order valence-electron chi connectivity index (χ1n) is 13.9. The zero-order valence-corrected chi connectivity index (χ0v) is 23.5. The molecule has 3 N–H and O–H groups in total. The van der Waals surface area contributed by atoms with Crippen LogP contribution in [0.4, 0.5) is 0 Å². The molecule has 3 aromatic carbocycles. The summed E-state index contributed by atoms with van der Waals surface area (Å²) in [5.74, 6) is 1.52. The second kappa shape index (κ2) is 12.5. The number of para-hydroxylation sites is 1. The van der Waals surface area contributed by atoms with Gasteiger partial charge in [0.05, 0.1) is 19.8 Å². The van der Waals surface area contributed by atoms with Gasteiger partial charge < -0.3 is 24.7 Å². The van der Waals surface area contributed by atoms with Gasteiger partial charge in [0.2, 0.25) is 0 Å². The summed E-state index contributed by atoms with van der Waals surface area (Å²) in [5, 5.41) is 21.0. The van der Waals surface area contributed by atoms with Crippen LogP contribution in [0.2, 0.25) is 5.02 Å². The Balaban J connectivity index is 1.36. The minimum atomic E-state index is -0.699. The number of rotatable bonds is 10. The van der Waals surface area contributed by atoms with E-state index in [-0.39, 0.29) is 31.7 Å². The number of hydrogen-bond acceptors (Lipinski definition) is 5. The summed E-state index contributed by atoms with van der Waals surface area (Å²) < 4.78 is 11.4. The number of esters is 1. The van der Waals surface area contributed by atoms with Crippen LogP contribution in [-0.4, -0.2) is 41.0 Å². The Kier molecular flexibility index (Phi) is 8.79. The summed E-state index contributed by atoms with van der Waals surface area (Å²) in [6, 6.07) is 23.3. The molecule has 1 aliphatic rings. The minimum absolute atomic E-state index is 0.119. The number of aryl methyl sites for hydroxylation is 1. The average Bonchev–Trinajstić information content (AvgIpc) is 3.23. The largest absolute Gasteiger partial charge is 0.493 e. The lowest BCUT2D eigenvalue weighted by molar-refractivity contribution is -0.134.